The van der Waals surface area contributed by atoms with Crippen LogP contribution >= 0.6 is 0 Å². The molecule has 0 aliphatic rings. The Kier molecular flexibility index (Phi) is 4.89. The van der Waals surface area contributed by atoms with Crippen molar-refractivity contribution < 1.29 is 9.53 Å². The SMILES string of the molecule is CCOC(=O)c1cnc2c(c(C)nc3ccc(C)cc32)c1Nc1ccccc1C. The number of ether oxygens (including phenoxy) is 1. The Hall–Kier alpha value is -3.47. The summed E-state index contributed by atoms with van der Waals surface area (Å²) in [6.45, 7) is 8.12. The third-order valence-electron chi connectivity index (χ3n) is 5.04. The van der Waals surface area contributed by atoms with Crippen LogP contribution in [-0.4, -0.2) is 22.5 Å². The number of nitrogens with one attached hydrogen (secondary N) is 1. The van der Waals surface area contributed by atoms with E-state index in [4.69, 9.17) is 9.72 Å². The van der Waals surface area contributed by atoms with Crippen LogP contribution < -0.4 is 5.32 Å². The lowest BCUT2D eigenvalue weighted by atomic mass is 10.0. The number of hydrogen-bond acceptors (Lipinski definition) is 5. The molecule has 0 atom stereocenters. The van der Waals surface area contributed by atoms with Gasteiger partial charge in [0, 0.05) is 28.4 Å². The lowest BCUT2D eigenvalue weighted by Gasteiger charge is -2.17. The maximum Gasteiger partial charge on any atom is 0.341 e. The molecule has 2 heterocycles. The Morgan fingerprint density at radius 2 is 1.90 bits per heavy atom. The van der Waals surface area contributed by atoms with E-state index < -0.39 is 5.97 Å². The van der Waals surface area contributed by atoms with Crippen molar-refractivity contribution in [1.29, 1.82) is 0 Å². The first-order chi connectivity index (χ1) is 14.0. The van der Waals surface area contributed by atoms with Gasteiger partial charge >= 0.3 is 5.97 Å². The van der Waals surface area contributed by atoms with E-state index >= 15 is 0 Å². The van der Waals surface area contributed by atoms with Gasteiger partial charge in [-0.05, 0) is 51.5 Å². The maximum absolute atomic E-state index is 12.7. The number of benzene rings is 2. The van der Waals surface area contributed by atoms with E-state index in [-0.39, 0.29) is 0 Å². The Morgan fingerprint density at radius 1 is 1.10 bits per heavy atom. The summed E-state index contributed by atoms with van der Waals surface area (Å²) >= 11 is 0. The molecule has 5 heteroatoms. The van der Waals surface area contributed by atoms with Crippen molar-refractivity contribution in [1.82, 2.24) is 9.97 Å². The van der Waals surface area contributed by atoms with E-state index in [9.17, 15) is 4.79 Å². The zero-order valence-corrected chi connectivity index (χ0v) is 17.0. The number of hydrogen-bond donors (Lipinski definition) is 1. The first-order valence-corrected chi connectivity index (χ1v) is 9.69. The molecule has 1 N–H and O–H groups in total. The zero-order chi connectivity index (χ0) is 20.5. The van der Waals surface area contributed by atoms with Gasteiger partial charge in [0.2, 0.25) is 0 Å². The third-order valence-corrected chi connectivity index (χ3v) is 5.04. The number of pyridine rings is 2. The molecule has 2 aromatic carbocycles. The number of para-hydroxylation sites is 1. The molecule has 2 aromatic heterocycles. The molecule has 5 nitrogen and oxygen atoms in total. The molecule has 0 bridgehead atoms. The minimum atomic E-state index is -0.401. The topological polar surface area (TPSA) is 64.1 Å². The molecule has 0 radical (unpaired) electrons. The van der Waals surface area contributed by atoms with Crippen molar-refractivity contribution in [2.24, 2.45) is 0 Å². The molecule has 0 saturated carbocycles. The molecule has 0 unspecified atom stereocenters. The highest BCUT2D eigenvalue weighted by Crippen LogP contribution is 2.35. The van der Waals surface area contributed by atoms with Crippen molar-refractivity contribution >= 4 is 39.1 Å². The summed E-state index contributed by atoms with van der Waals surface area (Å²) in [4.78, 5) is 22.1. The minimum absolute atomic E-state index is 0.300. The van der Waals surface area contributed by atoms with Gasteiger partial charge in [-0.2, -0.15) is 0 Å². The second-order valence-electron chi connectivity index (χ2n) is 7.15. The van der Waals surface area contributed by atoms with Crippen molar-refractivity contribution in [2.45, 2.75) is 27.7 Å². The van der Waals surface area contributed by atoms with Gasteiger partial charge < -0.3 is 10.1 Å². The fourth-order valence-electron chi connectivity index (χ4n) is 3.58. The highest BCUT2D eigenvalue weighted by atomic mass is 16.5. The summed E-state index contributed by atoms with van der Waals surface area (Å²) in [5.41, 5.74) is 6.74. The van der Waals surface area contributed by atoms with E-state index in [0.29, 0.717) is 17.9 Å². The predicted molar refractivity (Wildman–Crippen MR) is 117 cm³/mol. The predicted octanol–water partition coefficient (Wildman–Crippen LogP) is 5.63. The van der Waals surface area contributed by atoms with Crippen LogP contribution in [0.2, 0.25) is 0 Å². The van der Waals surface area contributed by atoms with Gasteiger partial charge in [-0.1, -0.05) is 29.8 Å². The van der Waals surface area contributed by atoms with Crippen LogP contribution in [0, 0.1) is 20.8 Å². The second kappa shape index (κ2) is 7.51. The van der Waals surface area contributed by atoms with Gasteiger partial charge in [0.25, 0.3) is 0 Å². The van der Waals surface area contributed by atoms with Crippen molar-refractivity contribution in [3.63, 3.8) is 0 Å². The number of anilines is 2. The molecule has 0 saturated heterocycles. The van der Waals surface area contributed by atoms with Crippen molar-refractivity contribution in [3.05, 3.63) is 71.0 Å². The van der Waals surface area contributed by atoms with Gasteiger partial charge in [-0.3, -0.25) is 9.97 Å². The second-order valence-corrected chi connectivity index (χ2v) is 7.15. The third kappa shape index (κ3) is 3.40. The quantitative estimate of drug-likeness (QED) is 0.364. The monoisotopic (exact) mass is 385 g/mol. The molecule has 0 fully saturated rings. The Balaban J connectivity index is 2.06. The van der Waals surface area contributed by atoms with E-state index in [1.807, 2.05) is 57.2 Å². The molecule has 0 amide bonds. The zero-order valence-electron chi connectivity index (χ0n) is 17.0. The van der Waals surface area contributed by atoms with Gasteiger partial charge in [0.15, 0.2) is 0 Å². The normalized spacial score (nSPS) is 11.0. The molecule has 146 valence electrons. The number of carbonyl (C=O) groups excluding carboxylic acids is 1. The van der Waals surface area contributed by atoms with Crippen LogP contribution in [0.1, 0.15) is 34.1 Å². The Morgan fingerprint density at radius 3 is 2.66 bits per heavy atom. The van der Waals surface area contributed by atoms with E-state index in [1.54, 1.807) is 13.1 Å². The fraction of sp³-hybridized carbons (Fsp3) is 0.208. The molecular weight excluding hydrogens is 362 g/mol. The molecule has 0 aliphatic carbocycles. The van der Waals surface area contributed by atoms with Gasteiger partial charge in [-0.25, -0.2) is 4.79 Å². The average molecular weight is 385 g/mol. The van der Waals surface area contributed by atoms with Gasteiger partial charge in [0.1, 0.15) is 5.56 Å². The van der Waals surface area contributed by atoms with Gasteiger partial charge in [0.05, 0.1) is 23.3 Å². The molecule has 0 spiro atoms. The summed E-state index contributed by atoms with van der Waals surface area (Å²) < 4.78 is 5.29. The molecular formula is C24H23N3O2. The maximum atomic E-state index is 12.7. The smallest absolute Gasteiger partial charge is 0.341 e. The number of esters is 1. The van der Waals surface area contributed by atoms with Crippen molar-refractivity contribution in [2.75, 3.05) is 11.9 Å². The van der Waals surface area contributed by atoms with Crippen LogP contribution in [0.25, 0.3) is 21.8 Å². The van der Waals surface area contributed by atoms with Crippen LogP contribution in [0.5, 0.6) is 0 Å². The van der Waals surface area contributed by atoms with Crippen LogP contribution in [-0.2, 0) is 4.74 Å². The highest BCUT2D eigenvalue weighted by Gasteiger charge is 2.20. The molecule has 0 aliphatic heterocycles. The largest absolute Gasteiger partial charge is 0.462 e. The summed E-state index contributed by atoms with van der Waals surface area (Å²) in [5.74, 6) is -0.401. The first-order valence-electron chi connectivity index (χ1n) is 9.69. The molecule has 4 aromatic rings. The molecule has 4 rings (SSSR count). The van der Waals surface area contributed by atoms with Crippen LogP contribution in [0.3, 0.4) is 0 Å². The average Bonchev–Trinajstić information content (AvgIpc) is 2.70. The number of carbonyl (C=O) groups is 1. The van der Waals surface area contributed by atoms with E-state index in [1.165, 1.54) is 0 Å². The number of aryl methyl sites for hydroxylation is 3. The van der Waals surface area contributed by atoms with Gasteiger partial charge in [-0.15, -0.1) is 0 Å². The Bertz CT molecular complexity index is 1250. The van der Waals surface area contributed by atoms with E-state index in [0.717, 1.165) is 44.3 Å². The highest BCUT2D eigenvalue weighted by molar-refractivity contribution is 6.13. The summed E-state index contributed by atoms with van der Waals surface area (Å²) in [5, 5.41) is 5.26. The van der Waals surface area contributed by atoms with Crippen LogP contribution in [0.15, 0.2) is 48.7 Å². The molecule has 29 heavy (non-hydrogen) atoms. The Labute approximate surface area is 169 Å². The first kappa shape index (κ1) is 18.9. The standard InChI is InChI=1S/C24H23N3O2/c1-5-29-24(28)18-13-25-22-17-12-14(2)10-11-20(17)26-16(4)21(22)23(18)27-19-9-7-6-8-15(19)3/h6-13H,5H2,1-4H3,(H,25,27). The summed E-state index contributed by atoms with van der Waals surface area (Å²) in [6.07, 6.45) is 1.60. The van der Waals surface area contributed by atoms with Crippen molar-refractivity contribution in [3.8, 4) is 0 Å². The summed E-state index contributed by atoms with van der Waals surface area (Å²) in [6, 6.07) is 14.1. The number of fused-ring (bicyclic) bond motifs is 3. The number of aromatic nitrogens is 2. The van der Waals surface area contributed by atoms with Crippen LogP contribution in [0.4, 0.5) is 11.4 Å². The lowest BCUT2D eigenvalue weighted by Crippen LogP contribution is -2.10. The minimum Gasteiger partial charge on any atom is -0.462 e. The number of nitrogens with zero attached hydrogens (tertiary/aromatic N) is 2. The summed E-state index contributed by atoms with van der Waals surface area (Å²) in [7, 11) is 0. The van der Waals surface area contributed by atoms with E-state index in [2.05, 4.69) is 16.4 Å². The number of rotatable bonds is 4. The lowest BCUT2D eigenvalue weighted by molar-refractivity contribution is 0.0527. The fourth-order valence-corrected chi connectivity index (χ4v) is 3.58.